The van der Waals surface area contributed by atoms with Gasteiger partial charge in [-0.05, 0) is 43.9 Å². The molecule has 5 rings (SSSR count). The fourth-order valence-electron chi connectivity index (χ4n) is 4.16. The van der Waals surface area contributed by atoms with Crippen LogP contribution in [0.15, 0.2) is 62.6 Å². The van der Waals surface area contributed by atoms with E-state index in [0.29, 0.717) is 18.1 Å². The molecular weight excluding hydrogens is 504 g/mol. The molecule has 10 nitrogen and oxygen atoms in total. The van der Waals surface area contributed by atoms with Crippen LogP contribution < -0.4 is 5.56 Å². The number of H-pyrrole nitrogens is 1. The van der Waals surface area contributed by atoms with Gasteiger partial charge in [-0.15, -0.1) is 10.2 Å². The summed E-state index contributed by atoms with van der Waals surface area (Å²) in [6, 6.07) is 10.5. The largest absolute Gasteiger partial charge is 0.477 e. The summed E-state index contributed by atoms with van der Waals surface area (Å²) in [5.74, 6) is -0.393. The summed E-state index contributed by atoms with van der Waals surface area (Å²) in [7, 11) is 0. The van der Waals surface area contributed by atoms with E-state index in [-0.39, 0.29) is 12.2 Å². The van der Waals surface area contributed by atoms with Crippen molar-refractivity contribution in [2.45, 2.75) is 19.9 Å². The van der Waals surface area contributed by atoms with Crippen molar-refractivity contribution in [1.82, 2.24) is 30.2 Å². The molecule has 34 heavy (non-hydrogen) atoms. The lowest BCUT2D eigenvalue weighted by Crippen LogP contribution is -2.24. The van der Waals surface area contributed by atoms with Gasteiger partial charge in [-0.1, -0.05) is 31.2 Å². The number of tetrazole rings is 1. The van der Waals surface area contributed by atoms with Crippen LogP contribution in [-0.2, 0) is 13.0 Å². The van der Waals surface area contributed by atoms with Gasteiger partial charge in [0.2, 0.25) is 5.82 Å². The van der Waals surface area contributed by atoms with Gasteiger partial charge in [0.25, 0.3) is 5.56 Å². The Bertz CT molecular complexity index is 1540. The molecular formula is C23H17BrN6O4. The SMILES string of the molecule is CCc1nc(=O)cc(C(=O)O)n1Cc1c2ccocc-2c(Br)c1-c1ccccc1-c1nn[nH]n1. The number of aromatic amines is 1. The van der Waals surface area contributed by atoms with E-state index in [4.69, 9.17) is 4.42 Å². The number of carboxylic acids is 1. The minimum absolute atomic E-state index is 0.125. The maximum atomic E-state index is 12.0. The number of hydrogen-bond acceptors (Lipinski definition) is 7. The number of rotatable bonds is 6. The first kappa shape index (κ1) is 21.7. The quantitative estimate of drug-likeness (QED) is 0.343. The van der Waals surface area contributed by atoms with Gasteiger partial charge < -0.3 is 14.1 Å². The Labute approximate surface area is 200 Å². The van der Waals surface area contributed by atoms with E-state index in [0.717, 1.165) is 43.9 Å². The lowest BCUT2D eigenvalue weighted by molar-refractivity contribution is 0.0683. The molecule has 0 saturated carbocycles. The van der Waals surface area contributed by atoms with Crippen molar-refractivity contribution in [2.75, 3.05) is 0 Å². The Morgan fingerprint density at radius 1 is 1.18 bits per heavy atom. The second-order valence-corrected chi connectivity index (χ2v) is 8.27. The first-order valence-corrected chi connectivity index (χ1v) is 11.1. The van der Waals surface area contributed by atoms with Crippen LogP contribution in [0.3, 0.4) is 0 Å². The Morgan fingerprint density at radius 3 is 2.68 bits per heavy atom. The van der Waals surface area contributed by atoms with E-state index >= 15 is 0 Å². The highest BCUT2D eigenvalue weighted by Crippen LogP contribution is 2.48. The van der Waals surface area contributed by atoms with Crippen LogP contribution >= 0.6 is 15.9 Å². The zero-order chi connectivity index (χ0) is 23.8. The lowest BCUT2D eigenvalue weighted by atomic mass is 9.97. The number of hydrogen-bond donors (Lipinski definition) is 2. The second-order valence-electron chi connectivity index (χ2n) is 7.47. The summed E-state index contributed by atoms with van der Waals surface area (Å²) < 4.78 is 7.77. The summed E-state index contributed by atoms with van der Waals surface area (Å²) >= 11 is 3.73. The molecule has 1 aromatic carbocycles. The molecule has 1 aliphatic heterocycles. The van der Waals surface area contributed by atoms with Crippen LogP contribution in [0.25, 0.3) is 33.6 Å². The van der Waals surface area contributed by atoms with Crippen LogP contribution in [0.2, 0.25) is 0 Å². The van der Waals surface area contributed by atoms with Crippen LogP contribution in [0, 0.1) is 0 Å². The molecule has 0 bridgehead atoms. The van der Waals surface area contributed by atoms with Gasteiger partial charge in [0.15, 0.2) is 0 Å². The van der Waals surface area contributed by atoms with Crippen molar-refractivity contribution in [3.05, 3.63) is 80.8 Å². The molecule has 0 atom stereocenters. The van der Waals surface area contributed by atoms with Gasteiger partial charge in [-0.25, -0.2) is 4.79 Å². The summed E-state index contributed by atoms with van der Waals surface area (Å²) in [5.41, 5.74) is 4.21. The van der Waals surface area contributed by atoms with E-state index in [9.17, 15) is 14.7 Å². The number of fused-ring (bicyclic) bond motifs is 1. The fourth-order valence-corrected chi connectivity index (χ4v) is 4.92. The molecule has 2 aromatic heterocycles. The number of aromatic nitrogens is 6. The molecule has 170 valence electrons. The normalized spacial score (nSPS) is 11.2. The molecule has 1 aliphatic carbocycles. The molecule has 0 amide bonds. The van der Waals surface area contributed by atoms with E-state index in [1.807, 2.05) is 37.3 Å². The van der Waals surface area contributed by atoms with Crippen molar-refractivity contribution in [1.29, 1.82) is 0 Å². The molecule has 11 heteroatoms. The summed E-state index contributed by atoms with van der Waals surface area (Å²) in [4.78, 5) is 28.1. The van der Waals surface area contributed by atoms with Gasteiger partial charge in [0, 0.05) is 33.7 Å². The third-order valence-corrected chi connectivity index (χ3v) is 6.43. The van der Waals surface area contributed by atoms with Crippen LogP contribution in [-0.4, -0.2) is 41.3 Å². The molecule has 2 aliphatic rings. The van der Waals surface area contributed by atoms with Gasteiger partial charge in [0.1, 0.15) is 11.5 Å². The highest BCUT2D eigenvalue weighted by Gasteiger charge is 2.27. The first-order valence-electron chi connectivity index (χ1n) is 10.3. The van der Waals surface area contributed by atoms with Crippen molar-refractivity contribution in [2.24, 2.45) is 0 Å². The zero-order valence-electron chi connectivity index (χ0n) is 17.8. The minimum Gasteiger partial charge on any atom is -0.477 e. The van der Waals surface area contributed by atoms with Crippen molar-refractivity contribution >= 4 is 21.9 Å². The highest BCUT2D eigenvalue weighted by molar-refractivity contribution is 9.10. The van der Waals surface area contributed by atoms with Crippen LogP contribution in [0.1, 0.15) is 28.8 Å². The Hall–Kier alpha value is -4.12. The Kier molecular flexibility index (Phi) is 5.54. The van der Waals surface area contributed by atoms with Gasteiger partial charge >= 0.3 is 5.97 Å². The smallest absolute Gasteiger partial charge is 0.352 e. The summed E-state index contributed by atoms with van der Waals surface area (Å²) in [6.07, 6.45) is 3.59. The minimum atomic E-state index is -1.20. The Balaban J connectivity index is 1.81. The van der Waals surface area contributed by atoms with Gasteiger partial charge in [-0.2, -0.15) is 10.2 Å². The molecule has 0 unspecified atom stereocenters. The maximum absolute atomic E-state index is 12.0. The number of nitrogens with one attached hydrogen (secondary N) is 1. The maximum Gasteiger partial charge on any atom is 0.352 e. The summed E-state index contributed by atoms with van der Waals surface area (Å²) in [5, 5.41) is 24.3. The van der Waals surface area contributed by atoms with Crippen molar-refractivity contribution in [3.63, 3.8) is 0 Å². The number of carbonyl (C=O) groups is 1. The third-order valence-electron chi connectivity index (χ3n) is 5.61. The van der Waals surface area contributed by atoms with E-state index in [1.54, 1.807) is 17.1 Å². The molecule has 0 spiro atoms. The number of aryl methyl sites for hydroxylation is 1. The molecule has 0 saturated heterocycles. The van der Waals surface area contributed by atoms with Crippen LogP contribution in [0.4, 0.5) is 0 Å². The molecule has 0 radical (unpaired) electrons. The van der Waals surface area contributed by atoms with Gasteiger partial charge in [-0.3, -0.25) is 4.79 Å². The van der Waals surface area contributed by atoms with E-state index < -0.39 is 11.5 Å². The molecule has 3 heterocycles. The summed E-state index contributed by atoms with van der Waals surface area (Å²) in [6.45, 7) is 1.99. The molecule has 2 N–H and O–H groups in total. The molecule has 3 aromatic rings. The number of halogens is 1. The number of nitrogens with zero attached hydrogens (tertiary/aromatic N) is 5. The van der Waals surface area contributed by atoms with Gasteiger partial charge in [0.05, 0.1) is 19.1 Å². The number of benzene rings is 1. The van der Waals surface area contributed by atoms with Crippen molar-refractivity contribution < 1.29 is 14.3 Å². The third kappa shape index (κ3) is 3.59. The molecule has 0 fully saturated rings. The number of aromatic carboxylic acids is 1. The Morgan fingerprint density at radius 2 is 1.97 bits per heavy atom. The topological polar surface area (TPSA) is 140 Å². The monoisotopic (exact) mass is 520 g/mol. The lowest BCUT2D eigenvalue weighted by Gasteiger charge is -2.17. The highest BCUT2D eigenvalue weighted by atomic mass is 79.9. The second kappa shape index (κ2) is 8.67. The predicted octanol–water partition coefficient (Wildman–Crippen LogP) is 3.86. The predicted molar refractivity (Wildman–Crippen MR) is 126 cm³/mol. The number of carboxylic acid groups (broad SMARTS) is 1. The first-order chi connectivity index (χ1) is 16.5. The standard InChI is InChI=1S/C23H17BrN6O4/c1-2-18-25-19(31)9-17(23(32)33)30(18)10-15-12-7-8-34-11-16(12)21(24)20(15)13-5-3-4-6-14(13)22-26-28-29-27-22/h3-9,11H,2,10H2,1H3,(H,32,33)(H,26,27,28,29). The van der Waals surface area contributed by atoms with Crippen molar-refractivity contribution in [3.8, 4) is 33.6 Å². The average molecular weight is 521 g/mol. The van der Waals surface area contributed by atoms with E-state index in [1.165, 1.54) is 0 Å². The zero-order valence-corrected chi connectivity index (χ0v) is 19.4. The fraction of sp³-hybridized carbons (Fsp3) is 0.130. The van der Waals surface area contributed by atoms with Crippen LogP contribution in [0.5, 0.6) is 0 Å². The van der Waals surface area contributed by atoms with E-state index in [2.05, 4.69) is 41.5 Å². The average Bonchev–Trinajstić information content (AvgIpc) is 3.47.